The molecule has 2 heterocycles. The van der Waals surface area contributed by atoms with Gasteiger partial charge in [0, 0.05) is 4.47 Å². The summed E-state index contributed by atoms with van der Waals surface area (Å²) in [5.41, 5.74) is 2.48. The summed E-state index contributed by atoms with van der Waals surface area (Å²) in [7, 11) is 1.59. The number of methoxy groups -OCH3 is 1. The summed E-state index contributed by atoms with van der Waals surface area (Å²) in [6, 6.07) is 14.6. The second-order valence-corrected chi connectivity index (χ2v) is 9.43. The summed E-state index contributed by atoms with van der Waals surface area (Å²) in [4.78, 5) is 31.5. The number of carbonyl (C=O) groups excluding carboxylic acids is 1. The molecule has 0 bridgehead atoms. The highest BCUT2D eigenvalue weighted by Crippen LogP contribution is 2.31. The second kappa shape index (κ2) is 10.4. The van der Waals surface area contributed by atoms with Crippen molar-refractivity contribution in [2.75, 3.05) is 13.7 Å². The van der Waals surface area contributed by atoms with Crippen molar-refractivity contribution >= 4 is 45.4 Å². The topological polar surface area (TPSA) is 69.9 Å². The molecular weight excluding hydrogens is 516 g/mol. The third-order valence-corrected chi connectivity index (χ3v) is 6.88. The van der Waals surface area contributed by atoms with E-state index in [9.17, 15) is 9.59 Å². The third kappa shape index (κ3) is 4.83. The molecule has 34 heavy (non-hydrogen) atoms. The molecule has 6 nitrogen and oxygen atoms in total. The Morgan fingerprint density at radius 3 is 2.53 bits per heavy atom. The van der Waals surface area contributed by atoms with E-state index in [-0.39, 0.29) is 12.2 Å². The highest BCUT2D eigenvalue weighted by atomic mass is 79.9. The molecule has 0 N–H and O–H groups in total. The summed E-state index contributed by atoms with van der Waals surface area (Å²) in [5, 5.41) is 0. The maximum Gasteiger partial charge on any atom is 0.338 e. The van der Waals surface area contributed by atoms with Crippen LogP contribution >= 0.6 is 27.3 Å². The SMILES string of the molecule is CCOC(=O)C1=C(C)N=c2s/c(=C\C=C\c3ccc(Br)cc3)c(=O)n2C1c1ccc(OC)cc1. The molecule has 8 heteroatoms. The third-order valence-electron chi connectivity index (χ3n) is 5.35. The van der Waals surface area contributed by atoms with E-state index in [2.05, 4.69) is 20.9 Å². The van der Waals surface area contributed by atoms with Gasteiger partial charge < -0.3 is 9.47 Å². The highest BCUT2D eigenvalue weighted by Gasteiger charge is 2.33. The van der Waals surface area contributed by atoms with Crippen LogP contribution in [0.1, 0.15) is 31.0 Å². The standard InChI is InChI=1S/C26H23BrN2O4S/c1-4-33-25(31)22-16(2)28-26-29(23(22)18-10-14-20(32-3)15-11-18)24(30)21(34-26)7-5-6-17-8-12-19(27)13-9-17/h5-15,23H,4H2,1-3H3/b6-5+,21-7-. The quantitative estimate of drug-likeness (QED) is 0.440. The number of ether oxygens (including phenoxy) is 2. The highest BCUT2D eigenvalue weighted by molar-refractivity contribution is 9.10. The molecular formula is C26H23BrN2O4S. The minimum absolute atomic E-state index is 0.209. The summed E-state index contributed by atoms with van der Waals surface area (Å²) >= 11 is 4.72. The summed E-state index contributed by atoms with van der Waals surface area (Å²) in [6.07, 6.45) is 5.55. The van der Waals surface area contributed by atoms with Crippen LogP contribution in [0.4, 0.5) is 0 Å². The Balaban J connectivity index is 1.83. The zero-order valence-corrected chi connectivity index (χ0v) is 21.4. The number of esters is 1. The Morgan fingerprint density at radius 2 is 1.88 bits per heavy atom. The number of benzene rings is 2. The Hall–Kier alpha value is -3.23. The summed E-state index contributed by atoms with van der Waals surface area (Å²) in [6.45, 7) is 3.76. The number of allylic oxidation sites excluding steroid dienone is 2. The number of thiazole rings is 1. The molecule has 0 spiro atoms. The van der Waals surface area contributed by atoms with Gasteiger partial charge in [-0.05, 0) is 55.3 Å². The number of fused-ring (bicyclic) bond motifs is 1. The molecule has 0 saturated heterocycles. The van der Waals surface area contributed by atoms with Crippen LogP contribution in [-0.4, -0.2) is 24.3 Å². The first kappa shape index (κ1) is 23.9. The summed E-state index contributed by atoms with van der Waals surface area (Å²) in [5.74, 6) is 0.210. The van der Waals surface area contributed by atoms with Gasteiger partial charge in [0.2, 0.25) is 0 Å². The predicted molar refractivity (Wildman–Crippen MR) is 137 cm³/mol. The van der Waals surface area contributed by atoms with Gasteiger partial charge in [0.25, 0.3) is 5.56 Å². The molecule has 1 aromatic heterocycles. The smallest absolute Gasteiger partial charge is 0.338 e. The maximum absolute atomic E-state index is 13.5. The minimum Gasteiger partial charge on any atom is -0.497 e. The van der Waals surface area contributed by atoms with Crippen LogP contribution in [0, 0.1) is 0 Å². The van der Waals surface area contributed by atoms with E-state index >= 15 is 0 Å². The molecule has 0 amide bonds. The van der Waals surface area contributed by atoms with Crippen LogP contribution < -0.4 is 19.6 Å². The predicted octanol–water partition coefficient (Wildman–Crippen LogP) is 4.23. The Bertz CT molecular complexity index is 1450. The fourth-order valence-corrected chi connectivity index (χ4v) is 4.99. The molecule has 2 aromatic carbocycles. The van der Waals surface area contributed by atoms with Gasteiger partial charge in [-0.15, -0.1) is 0 Å². The van der Waals surface area contributed by atoms with Gasteiger partial charge >= 0.3 is 5.97 Å². The van der Waals surface area contributed by atoms with Crippen molar-refractivity contribution in [1.29, 1.82) is 0 Å². The van der Waals surface area contributed by atoms with Gasteiger partial charge in [0.1, 0.15) is 5.75 Å². The van der Waals surface area contributed by atoms with Crippen molar-refractivity contribution in [3.8, 4) is 5.75 Å². The van der Waals surface area contributed by atoms with Gasteiger partial charge in [0.05, 0.1) is 35.6 Å². The summed E-state index contributed by atoms with van der Waals surface area (Å²) < 4.78 is 13.7. The van der Waals surface area contributed by atoms with Gasteiger partial charge in [-0.2, -0.15) is 0 Å². The molecule has 0 radical (unpaired) electrons. The lowest BCUT2D eigenvalue weighted by Gasteiger charge is -2.24. The molecule has 1 aliphatic heterocycles. The lowest BCUT2D eigenvalue weighted by atomic mass is 9.96. The number of hydrogen-bond donors (Lipinski definition) is 0. The molecule has 4 rings (SSSR count). The number of aromatic nitrogens is 1. The van der Waals surface area contributed by atoms with E-state index < -0.39 is 12.0 Å². The van der Waals surface area contributed by atoms with E-state index in [1.54, 1.807) is 31.6 Å². The van der Waals surface area contributed by atoms with Crippen molar-refractivity contribution in [3.63, 3.8) is 0 Å². The first-order valence-electron chi connectivity index (χ1n) is 10.7. The molecule has 1 unspecified atom stereocenters. The van der Waals surface area contributed by atoms with Crippen molar-refractivity contribution in [2.45, 2.75) is 19.9 Å². The van der Waals surface area contributed by atoms with Crippen LogP contribution in [0.3, 0.4) is 0 Å². The number of nitrogens with zero attached hydrogens (tertiary/aromatic N) is 2. The average molecular weight is 539 g/mol. The van der Waals surface area contributed by atoms with Gasteiger partial charge in [-0.1, -0.05) is 63.7 Å². The second-order valence-electron chi connectivity index (χ2n) is 7.51. The van der Waals surface area contributed by atoms with Crippen LogP contribution in [-0.2, 0) is 9.53 Å². The number of rotatable bonds is 6. The normalized spacial score (nSPS) is 15.9. The lowest BCUT2D eigenvalue weighted by molar-refractivity contribution is -0.139. The number of hydrogen-bond acceptors (Lipinski definition) is 6. The van der Waals surface area contributed by atoms with Gasteiger partial charge in [-0.25, -0.2) is 9.79 Å². The van der Waals surface area contributed by atoms with Crippen LogP contribution in [0.15, 0.2) is 80.1 Å². The van der Waals surface area contributed by atoms with Crippen LogP contribution in [0.25, 0.3) is 12.2 Å². The monoisotopic (exact) mass is 538 g/mol. The van der Waals surface area contributed by atoms with E-state index in [0.717, 1.165) is 15.6 Å². The van der Waals surface area contributed by atoms with Gasteiger partial charge in [-0.3, -0.25) is 9.36 Å². The van der Waals surface area contributed by atoms with E-state index in [4.69, 9.17) is 9.47 Å². The van der Waals surface area contributed by atoms with Crippen molar-refractivity contribution in [2.24, 2.45) is 4.99 Å². The largest absolute Gasteiger partial charge is 0.497 e. The van der Waals surface area contributed by atoms with E-state index in [1.807, 2.05) is 60.7 Å². The first-order chi connectivity index (χ1) is 16.4. The fourth-order valence-electron chi connectivity index (χ4n) is 3.73. The first-order valence-corrected chi connectivity index (χ1v) is 12.3. The van der Waals surface area contributed by atoms with Crippen molar-refractivity contribution in [3.05, 3.63) is 101 Å². The lowest BCUT2D eigenvalue weighted by Crippen LogP contribution is -2.39. The van der Waals surface area contributed by atoms with Crippen LogP contribution in [0.2, 0.25) is 0 Å². The van der Waals surface area contributed by atoms with Gasteiger partial charge in [0.15, 0.2) is 4.80 Å². The zero-order valence-electron chi connectivity index (χ0n) is 18.9. The zero-order chi connectivity index (χ0) is 24.2. The molecule has 1 atom stereocenters. The molecule has 174 valence electrons. The fraction of sp³-hybridized carbons (Fsp3) is 0.192. The molecule has 0 saturated carbocycles. The van der Waals surface area contributed by atoms with Crippen molar-refractivity contribution in [1.82, 2.24) is 4.57 Å². The number of carbonyl (C=O) groups is 1. The Kier molecular flexibility index (Phi) is 7.29. The minimum atomic E-state index is -0.640. The van der Waals surface area contributed by atoms with E-state index in [0.29, 0.717) is 26.4 Å². The Morgan fingerprint density at radius 1 is 1.18 bits per heavy atom. The van der Waals surface area contributed by atoms with E-state index in [1.165, 1.54) is 11.3 Å². The maximum atomic E-state index is 13.5. The molecule has 0 aliphatic carbocycles. The molecule has 1 aliphatic rings. The van der Waals surface area contributed by atoms with Crippen LogP contribution in [0.5, 0.6) is 5.75 Å². The average Bonchev–Trinajstić information content (AvgIpc) is 3.14. The molecule has 3 aromatic rings. The molecule has 0 fully saturated rings. The number of halogens is 1. The van der Waals surface area contributed by atoms with Crippen molar-refractivity contribution < 1.29 is 14.3 Å². The Labute approximate surface area is 209 Å².